The van der Waals surface area contributed by atoms with E-state index in [9.17, 15) is 19.2 Å². The topological polar surface area (TPSA) is 74.9 Å². The second-order valence-electron chi connectivity index (χ2n) is 6.53. The van der Waals surface area contributed by atoms with Gasteiger partial charge in [0.2, 0.25) is 0 Å². The fourth-order valence-corrected chi connectivity index (χ4v) is 3.82. The maximum Gasteiger partial charge on any atom is 0.273 e. The number of para-hydroxylation sites is 1. The summed E-state index contributed by atoms with van der Waals surface area (Å²) in [6.07, 6.45) is 1.43. The Morgan fingerprint density at radius 2 is 1.83 bits per heavy atom. The number of nitrogens with one attached hydrogen (secondary N) is 1. The van der Waals surface area contributed by atoms with E-state index in [2.05, 4.69) is 5.32 Å². The lowest BCUT2D eigenvalue weighted by Crippen LogP contribution is -2.36. The van der Waals surface area contributed by atoms with Crippen LogP contribution in [0.25, 0.3) is 17.3 Å². The average Bonchev–Trinajstić information content (AvgIpc) is 3.00. The predicted molar refractivity (Wildman–Crippen MR) is 111 cm³/mol. The van der Waals surface area contributed by atoms with Crippen LogP contribution in [0.15, 0.2) is 59.4 Å². The molecule has 0 aliphatic heterocycles. The maximum atomic E-state index is 14.1. The zero-order chi connectivity index (χ0) is 21.0. The summed E-state index contributed by atoms with van der Waals surface area (Å²) in [5.74, 6) is -1.03. The highest BCUT2D eigenvalue weighted by atomic mass is 32.1. The SMILES string of the molecule is CC(C)NC(=O)/C(C#N)=c1\s/c(=C\c2ccccc2F)c(=O)n1-c1ccccc1. The van der Waals surface area contributed by atoms with Gasteiger partial charge in [-0.05, 0) is 38.1 Å². The molecule has 1 heterocycles. The number of aromatic nitrogens is 1. The Kier molecular flexibility index (Phi) is 6.05. The van der Waals surface area contributed by atoms with Crippen LogP contribution in [0, 0.1) is 17.1 Å². The van der Waals surface area contributed by atoms with Crippen molar-refractivity contribution in [3.05, 3.63) is 85.5 Å². The summed E-state index contributed by atoms with van der Waals surface area (Å²) in [7, 11) is 0. The Balaban J connectivity index is 2.39. The second-order valence-corrected chi connectivity index (χ2v) is 7.56. The van der Waals surface area contributed by atoms with Gasteiger partial charge in [-0.2, -0.15) is 5.26 Å². The minimum atomic E-state index is -0.564. The quantitative estimate of drug-likeness (QED) is 0.720. The summed E-state index contributed by atoms with van der Waals surface area (Å²) in [6, 6.07) is 16.6. The van der Waals surface area contributed by atoms with E-state index in [-0.39, 0.29) is 26.4 Å². The van der Waals surface area contributed by atoms with Gasteiger partial charge in [0, 0.05) is 11.6 Å². The van der Waals surface area contributed by atoms with Gasteiger partial charge >= 0.3 is 0 Å². The number of carbonyl (C=O) groups excluding carboxylic acids is 1. The first-order valence-electron chi connectivity index (χ1n) is 8.91. The normalized spacial score (nSPS) is 12.6. The van der Waals surface area contributed by atoms with Crippen LogP contribution in [0.3, 0.4) is 0 Å². The van der Waals surface area contributed by atoms with Gasteiger partial charge in [0.05, 0.1) is 10.2 Å². The zero-order valence-corrected chi connectivity index (χ0v) is 16.7. The molecule has 0 spiro atoms. The van der Waals surface area contributed by atoms with Crippen molar-refractivity contribution in [2.24, 2.45) is 0 Å². The molecule has 146 valence electrons. The van der Waals surface area contributed by atoms with Gasteiger partial charge in [-0.3, -0.25) is 14.2 Å². The minimum Gasteiger partial charge on any atom is -0.349 e. The molecule has 3 aromatic rings. The van der Waals surface area contributed by atoms with Gasteiger partial charge in [-0.15, -0.1) is 11.3 Å². The van der Waals surface area contributed by atoms with E-state index in [1.54, 1.807) is 62.4 Å². The third kappa shape index (κ3) is 4.33. The zero-order valence-electron chi connectivity index (χ0n) is 15.8. The van der Waals surface area contributed by atoms with Crippen molar-refractivity contribution in [3.8, 4) is 11.8 Å². The van der Waals surface area contributed by atoms with Crippen LogP contribution < -0.4 is 20.1 Å². The van der Waals surface area contributed by atoms with Gasteiger partial charge in [0.15, 0.2) is 5.57 Å². The number of hydrogen-bond donors (Lipinski definition) is 1. The fourth-order valence-electron chi connectivity index (χ4n) is 2.72. The monoisotopic (exact) mass is 407 g/mol. The van der Waals surface area contributed by atoms with E-state index in [4.69, 9.17) is 0 Å². The molecule has 0 bridgehead atoms. The Hall–Kier alpha value is -3.50. The summed E-state index contributed by atoms with van der Waals surface area (Å²) in [5, 5.41) is 12.3. The van der Waals surface area contributed by atoms with E-state index in [0.29, 0.717) is 5.69 Å². The summed E-state index contributed by atoms with van der Waals surface area (Å²) in [6.45, 7) is 3.56. The second kappa shape index (κ2) is 8.67. The Morgan fingerprint density at radius 3 is 2.45 bits per heavy atom. The fraction of sp³-hybridized carbons (Fsp3) is 0.136. The van der Waals surface area contributed by atoms with E-state index < -0.39 is 17.3 Å². The van der Waals surface area contributed by atoms with Gasteiger partial charge < -0.3 is 5.32 Å². The molecule has 7 heteroatoms. The van der Waals surface area contributed by atoms with Crippen LogP contribution in [0.2, 0.25) is 0 Å². The standard InChI is InChI=1S/C22H18FN3O2S/c1-14(2)25-20(27)17(13-24)22-26(16-9-4-3-5-10-16)21(28)19(29-22)12-15-8-6-7-11-18(15)23/h3-12,14H,1-2H3,(H,25,27)/b19-12-,22-17-. The number of nitrogens with zero attached hydrogens (tertiary/aromatic N) is 2. The first-order chi connectivity index (χ1) is 13.9. The van der Waals surface area contributed by atoms with Crippen molar-refractivity contribution in [2.75, 3.05) is 0 Å². The van der Waals surface area contributed by atoms with Crippen molar-refractivity contribution in [1.82, 2.24) is 9.88 Å². The number of nitriles is 1. The van der Waals surface area contributed by atoms with Crippen LogP contribution in [-0.4, -0.2) is 16.5 Å². The largest absolute Gasteiger partial charge is 0.349 e. The number of halogens is 1. The lowest BCUT2D eigenvalue weighted by molar-refractivity contribution is -0.116. The number of hydrogen-bond acceptors (Lipinski definition) is 4. The highest BCUT2D eigenvalue weighted by Crippen LogP contribution is 2.07. The number of benzene rings is 2. The van der Waals surface area contributed by atoms with Gasteiger partial charge in [-0.25, -0.2) is 4.39 Å². The van der Waals surface area contributed by atoms with E-state index in [0.717, 1.165) is 11.3 Å². The predicted octanol–water partition coefficient (Wildman–Crippen LogP) is 2.07. The molecule has 2 aromatic carbocycles. The molecule has 3 rings (SSSR count). The first-order valence-corrected chi connectivity index (χ1v) is 9.73. The Labute approximate surface area is 170 Å². The summed E-state index contributed by atoms with van der Waals surface area (Å²) in [5.41, 5.74) is 0.173. The lowest BCUT2D eigenvalue weighted by Gasteiger charge is -2.07. The van der Waals surface area contributed by atoms with Crippen LogP contribution in [-0.2, 0) is 4.79 Å². The van der Waals surface area contributed by atoms with Crippen LogP contribution >= 0.6 is 11.3 Å². The first kappa shape index (κ1) is 20.2. The van der Waals surface area contributed by atoms with Crippen molar-refractivity contribution in [1.29, 1.82) is 5.26 Å². The number of rotatable bonds is 4. The summed E-state index contributed by atoms with van der Waals surface area (Å²) in [4.78, 5) is 25.7. The number of carbonyl (C=O) groups is 1. The maximum absolute atomic E-state index is 14.1. The molecule has 0 saturated carbocycles. The molecule has 0 fully saturated rings. The van der Waals surface area contributed by atoms with Crippen LogP contribution in [0.5, 0.6) is 0 Å². The highest BCUT2D eigenvalue weighted by molar-refractivity contribution is 7.07. The molecule has 1 aromatic heterocycles. The van der Waals surface area contributed by atoms with Crippen molar-refractivity contribution in [3.63, 3.8) is 0 Å². The summed E-state index contributed by atoms with van der Waals surface area (Å²) < 4.78 is 15.8. The van der Waals surface area contributed by atoms with E-state index in [1.807, 2.05) is 6.07 Å². The van der Waals surface area contributed by atoms with Crippen molar-refractivity contribution in [2.45, 2.75) is 19.9 Å². The average molecular weight is 407 g/mol. The molecule has 0 atom stereocenters. The summed E-state index contributed by atoms with van der Waals surface area (Å²) >= 11 is 0.980. The number of thiazole rings is 1. The molecule has 29 heavy (non-hydrogen) atoms. The molecule has 1 N–H and O–H groups in total. The molecule has 0 unspecified atom stereocenters. The molecule has 0 saturated heterocycles. The van der Waals surface area contributed by atoms with Crippen LogP contribution in [0.1, 0.15) is 19.4 Å². The molecule has 5 nitrogen and oxygen atoms in total. The highest BCUT2D eigenvalue weighted by Gasteiger charge is 2.17. The third-order valence-electron chi connectivity index (χ3n) is 4.00. The molecular formula is C22H18FN3O2S. The van der Waals surface area contributed by atoms with Gasteiger partial charge in [-0.1, -0.05) is 36.4 Å². The van der Waals surface area contributed by atoms with Gasteiger partial charge in [0.25, 0.3) is 11.5 Å². The van der Waals surface area contributed by atoms with E-state index in [1.165, 1.54) is 16.7 Å². The molecule has 0 aliphatic rings. The van der Waals surface area contributed by atoms with Crippen molar-refractivity contribution >= 4 is 28.9 Å². The molecular weight excluding hydrogens is 389 g/mol. The smallest absolute Gasteiger partial charge is 0.273 e. The molecule has 0 aliphatic carbocycles. The van der Waals surface area contributed by atoms with Crippen molar-refractivity contribution < 1.29 is 9.18 Å². The lowest BCUT2D eigenvalue weighted by atomic mass is 10.2. The Morgan fingerprint density at radius 1 is 1.17 bits per heavy atom. The molecule has 1 amide bonds. The van der Waals surface area contributed by atoms with E-state index >= 15 is 0 Å². The van der Waals surface area contributed by atoms with Gasteiger partial charge in [0.1, 0.15) is 16.5 Å². The minimum absolute atomic E-state index is 0.169. The Bertz CT molecular complexity index is 1270. The number of amides is 1. The molecule has 0 radical (unpaired) electrons. The van der Waals surface area contributed by atoms with Crippen LogP contribution in [0.4, 0.5) is 4.39 Å². The third-order valence-corrected chi connectivity index (χ3v) is 5.09.